The Morgan fingerprint density at radius 2 is 1.14 bits per heavy atom. The first-order valence-electron chi connectivity index (χ1n) is 5.07. The number of hydrogen-bond acceptors (Lipinski definition) is 0. The van der Waals surface area contributed by atoms with E-state index in [1.165, 1.54) is 11.1 Å². The highest BCUT2D eigenvalue weighted by molar-refractivity contribution is 6.21. The monoisotopic (exact) mass is 230 g/mol. The molecule has 2 atom stereocenters. The first kappa shape index (κ1) is 11.9. The van der Waals surface area contributed by atoms with Crippen molar-refractivity contribution in [1.82, 2.24) is 0 Å². The average Bonchev–Trinajstić information content (AvgIpc) is 2.27. The van der Waals surface area contributed by atoms with Crippen molar-refractivity contribution in [1.29, 1.82) is 0 Å². The lowest BCUT2D eigenvalue weighted by Gasteiger charge is -2.10. The first-order valence-corrected chi connectivity index (χ1v) is 5.94. The highest BCUT2D eigenvalue weighted by Gasteiger charge is 2.07. The molecule has 78 valence electrons. The molecule has 0 nitrogen and oxygen atoms in total. The largest absolute Gasteiger partial charge is 0.118 e. The summed E-state index contributed by atoms with van der Waals surface area (Å²) in [5.41, 5.74) is 2.36. The van der Waals surface area contributed by atoms with Gasteiger partial charge >= 0.3 is 0 Å². The molecule has 1 aromatic carbocycles. The summed E-state index contributed by atoms with van der Waals surface area (Å²) in [6.07, 6.45) is 1.91. The zero-order chi connectivity index (χ0) is 10.6. The van der Waals surface area contributed by atoms with Gasteiger partial charge in [0.25, 0.3) is 0 Å². The summed E-state index contributed by atoms with van der Waals surface area (Å²) in [5.74, 6) is 0. The Bertz CT molecular complexity index is 237. The molecule has 0 amide bonds. The van der Waals surface area contributed by atoms with Gasteiger partial charge in [0.2, 0.25) is 0 Å². The van der Waals surface area contributed by atoms with E-state index in [1.54, 1.807) is 0 Å². The molecule has 0 bridgehead atoms. The smallest absolute Gasteiger partial charge is 0.0582 e. The van der Waals surface area contributed by atoms with E-state index in [0.29, 0.717) is 0 Å². The van der Waals surface area contributed by atoms with Crippen LogP contribution in [0.15, 0.2) is 24.3 Å². The quantitative estimate of drug-likeness (QED) is 0.635. The summed E-state index contributed by atoms with van der Waals surface area (Å²) >= 11 is 12.2. The Morgan fingerprint density at radius 3 is 1.36 bits per heavy atom. The van der Waals surface area contributed by atoms with Crippen LogP contribution in [-0.2, 0) is 0 Å². The lowest BCUT2D eigenvalue weighted by molar-refractivity contribution is 0.866. The molecule has 0 saturated carbocycles. The van der Waals surface area contributed by atoms with Crippen LogP contribution in [0, 0.1) is 0 Å². The van der Waals surface area contributed by atoms with Crippen LogP contribution in [-0.4, -0.2) is 0 Å². The van der Waals surface area contributed by atoms with Crippen molar-refractivity contribution < 1.29 is 0 Å². The SMILES string of the molecule is CCC(Cl)c1ccc(C(Cl)CC)cc1. The minimum Gasteiger partial charge on any atom is -0.118 e. The fourth-order valence-corrected chi connectivity index (χ4v) is 1.68. The molecule has 0 aliphatic rings. The van der Waals surface area contributed by atoms with Crippen LogP contribution < -0.4 is 0 Å². The molecule has 0 heterocycles. The third-order valence-corrected chi connectivity index (χ3v) is 3.50. The van der Waals surface area contributed by atoms with Crippen LogP contribution in [0.2, 0.25) is 0 Å². The van der Waals surface area contributed by atoms with Crippen molar-refractivity contribution >= 4 is 23.2 Å². The van der Waals surface area contributed by atoms with Gasteiger partial charge in [-0.2, -0.15) is 0 Å². The topological polar surface area (TPSA) is 0 Å². The predicted octanol–water partition coefficient (Wildman–Crippen LogP) is 5.07. The molecule has 0 aliphatic carbocycles. The molecular formula is C12H16Cl2. The third-order valence-electron chi connectivity index (χ3n) is 2.38. The molecule has 2 heteroatoms. The van der Waals surface area contributed by atoms with E-state index in [4.69, 9.17) is 23.2 Å². The minimum absolute atomic E-state index is 0.124. The number of halogens is 2. The van der Waals surface area contributed by atoms with Gasteiger partial charge in [-0.3, -0.25) is 0 Å². The van der Waals surface area contributed by atoms with Gasteiger partial charge < -0.3 is 0 Å². The minimum atomic E-state index is 0.124. The maximum absolute atomic E-state index is 6.12. The van der Waals surface area contributed by atoms with Gasteiger partial charge in [0.15, 0.2) is 0 Å². The van der Waals surface area contributed by atoms with Crippen molar-refractivity contribution in [2.45, 2.75) is 37.4 Å². The highest BCUT2D eigenvalue weighted by atomic mass is 35.5. The van der Waals surface area contributed by atoms with E-state index < -0.39 is 0 Å². The Labute approximate surface area is 96.2 Å². The molecule has 14 heavy (non-hydrogen) atoms. The number of alkyl halides is 2. The summed E-state index contributed by atoms with van der Waals surface area (Å²) in [6, 6.07) is 8.28. The van der Waals surface area contributed by atoms with Crippen molar-refractivity contribution in [2.75, 3.05) is 0 Å². The summed E-state index contributed by atoms with van der Waals surface area (Å²) in [5, 5.41) is 0.249. The fourth-order valence-electron chi connectivity index (χ4n) is 1.39. The molecule has 1 rings (SSSR count). The van der Waals surface area contributed by atoms with Crippen molar-refractivity contribution in [2.24, 2.45) is 0 Å². The summed E-state index contributed by atoms with van der Waals surface area (Å²) in [7, 11) is 0. The van der Waals surface area contributed by atoms with E-state index in [-0.39, 0.29) is 10.8 Å². The zero-order valence-corrected chi connectivity index (χ0v) is 10.1. The molecule has 0 aromatic heterocycles. The molecule has 1 aromatic rings. The Balaban J connectivity index is 2.78. The number of rotatable bonds is 4. The van der Waals surface area contributed by atoms with Crippen molar-refractivity contribution in [3.63, 3.8) is 0 Å². The van der Waals surface area contributed by atoms with Gasteiger partial charge in [0, 0.05) is 0 Å². The van der Waals surface area contributed by atoms with Crippen LogP contribution in [0.5, 0.6) is 0 Å². The Kier molecular flexibility index (Phi) is 4.77. The van der Waals surface area contributed by atoms with Crippen molar-refractivity contribution in [3.8, 4) is 0 Å². The highest BCUT2D eigenvalue weighted by Crippen LogP contribution is 2.28. The zero-order valence-electron chi connectivity index (χ0n) is 8.63. The normalized spacial score (nSPS) is 15.1. The molecule has 0 aliphatic heterocycles. The van der Waals surface area contributed by atoms with Crippen molar-refractivity contribution in [3.05, 3.63) is 35.4 Å². The molecule has 2 unspecified atom stereocenters. The summed E-state index contributed by atoms with van der Waals surface area (Å²) in [4.78, 5) is 0. The Hall–Kier alpha value is -0.200. The van der Waals surface area contributed by atoms with Crippen LogP contribution in [0.3, 0.4) is 0 Å². The third kappa shape index (κ3) is 2.90. The number of hydrogen-bond donors (Lipinski definition) is 0. The van der Waals surface area contributed by atoms with E-state index >= 15 is 0 Å². The molecule has 0 saturated heterocycles. The molecular weight excluding hydrogens is 215 g/mol. The second-order valence-corrected chi connectivity index (χ2v) is 4.47. The van der Waals surface area contributed by atoms with E-state index in [0.717, 1.165) is 12.8 Å². The number of benzene rings is 1. The standard InChI is InChI=1S/C12H16Cl2/c1-3-11(13)9-5-7-10(8-6-9)12(14)4-2/h5-8,11-12H,3-4H2,1-2H3. The van der Waals surface area contributed by atoms with Gasteiger partial charge in [0.05, 0.1) is 10.8 Å². The maximum Gasteiger partial charge on any atom is 0.0582 e. The predicted molar refractivity (Wildman–Crippen MR) is 64.2 cm³/mol. The fraction of sp³-hybridized carbons (Fsp3) is 0.500. The van der Waals surface area contributed by atoms with Crippen LogP contribution >= 0.6 is 23.2 Å². The van der Waals surface area contributed by atoms with Crippen LogP contribution in [0.25, 0.3) is 0 Å². The Morgan fingerprint density at radius 1 is 0.857 bits per heavy atom. The summed E-state index contributed by atoms with van der Waals surface area (Å²) < 4.78 is 0. The second-order valence-electron chi connectivity index (χ2n) is 3.42. The van der Waals surface area contributed by atoms with E-state index in [1.807, 2.05) is 0 Å². The lowest BCUT2D eigenvalue weighted by atomic mass is 10.0. The van der Waals surface area contributed by atoms with Gasteiger partial charge in [-0.15, -0.1) is 23.2 Å². The van der Waals surface area contributed by atoms with Gasteiger partial charge in [-0.1, -0.05) is 38.1 Å². The van der Waals surface area contributed by atoms with E-state index in [9.17, 15) is 0 Å². The van der Waals surface area contributed by atoms with Gasteiger partial charge in [-0.05, 0) is 24.0 Å². The van der Waals surface area contributed by atoms with Gasteiger partial charge in [0.1, 0.15) is 0 Å². The van der Waals surface area contributed by atoms with E-state index in [2.05, 4.69) is 38.1 Å². The average molecular weight is 231 g/mol. The lowest BCUT2D eigenvalue weighted by Crippen LogP contribution is -1.91. The van der Waals surface area contributed by atoms with Crippen LogP contribution in [0.1, 0.15) is 48.6 Å². The van der Waals surface area contributed by atoms with Gasteiger partial charge in [-0.25, -0.2) is 0 Å². The molecule has 0 radical (unpaired) electrons. The van der Waals surface area contributed by atoms with Crippen LogP contribution in [0.4, 0.5) is 0 Å². The maximum atomic E-state index is 6.12. The molecule has 0 spiro atoms. The molecule has 0 fully saturated rings. The second kappa shape index (κ2) is 5.63. The molecule has 0 N–H and O–H groups in total. The summed E-state index contributed by atoms with van der Waals surface area (Å²) in [6.45, 7) is 4.17. The first-order chi connectivity index (χ1) is 6.69.